The van der Waals surface area contributed by atoms with Gasteiger partial charge in [0.2, 0.25) is 11.8 Å². The number of rotatable bonds is 7. The summed E-state index contributed by atoms with van der Waals surface area (Å²) in [7, 11) is 0. The fraction of sp³-hybridized carbons (Fsp3) is 0.438. The average Bonchev–Trinajstić information content (AvgIpc) is 3.54. The zero-order chi connectivity index (χ0) is 28.7. The number of piperidine rings is 2. The fourth-order valence-corrected chi connectivity index (χ4v) is 7.91. The molecule has 1 N–H and O–H groups in total. The Morgan fingerprint density at radius 1 is 1.15 bits per heavy atom. The first-order chi connectivity index (χ1) is 19.7. The van der Waals surface area contributed by atoms with Gasteiger partial charge in [0.15, 0.2) is 0 Å². The summed E-state index contributed by atoms with van der Waals surface area (Å²) in [5, 5.41) is 15.2. The van der Waals surface area contributed by atoms with Gasteiger partial charge in [0, 0.05) is 58.2 Å². The van der Waals surface area contributed by atoms with E-state index < -0.39 is 5.41 Å². The molecule has 0 saturated carbocycles. The summed E-state index contributed by atoms with van der Waals surface area (Å²) >= 11 is 8.19. The van der Waals surface area contributed by atoms with Crippen molar-refractivity contribution in [3.63, 3.8) is 0 Å². The molecule has 5 heterocycles. The molecule has 0 aliphatic carbocycles. The van der Waals surface area contributed by atoms with Crippen molar-refractivity contribution in [3.8, 4) is 17.2 Å². The van der Waals surface area contributed by atoms with Crippen molar-refractivity contribution in [1.29, 1.82) is 5.26 Å². The van der Waals surface area contributed by atoms with Gasteiger partial charge < -0.3 is 9.88 Å². The van der Waals surface area contributed by atoms with Crippen LogP contribution in [0.3, 0.4) is 0 Å². The molecule has 2 fully saturated rings. The molecule has 3 aromatic heterocycles. The monoisotopic (exact) mass is 587 g/mol. The third-order valence-corrected chi connectivity index (χ3v) is 9.86. The molecule has 4 aromatic rings. The minimum atomic E-state index is -0.417. The maximum Gasteiger partial charge on any atom is 0.229 e. The van der Waals surface area contributed by atoms with Crippen molar-refractivity contribution in [2.24, 2.45) is 17.3 Å². The van der Waals surface area contributed by atoms with Crippen LogP contribution in [0.5, 0.6) is 0 Å². The van der Waals surface area contributed by atoms with Crippen LogP contribution in [0.15, 0.2) is 42.7 Å². The topological polar surface area (TPSA) is 91.0 Å². The van der Waals surface area contributed by atoms with E-state index in [1.807, 2.05) is 24.3 Å². The van der Waals surface area contributed by atoms with Crippen LogP contribution < -0.4 is 5.32 Å². The lowest BCUT2D eigenvalue weighted by molar-refractivity contribution is -0.151. The Balaban J connectivity index is 1.36. The predicted molar refractivity (Wildman–Crippen MR) is 163 cm³/mol. The molecule has 2 amide bonds. The van der Waals surface area contributed by atoms with Gasteiger partial charge in [-0.25, -0.2) is 0 Å². The van der Waals surface area contributed by atoms with Crippen molar-refractivity contribution in [3.05, 3.63) is 52.6 Å². The Morgan fingerprint density at radius 3 is 2.61 bits per heavy atom. The molecule has 0 radical (unpaired) electrons. The zero-order valence-corrected chi connectivity index (χ0v) is 25.0. The number of nitrogens with zero attached hydrogens (tertiary/aromatic N) is 4. The second-order valence-corrected chi connectivity index (χ2v) is 13.6. The first kappa shape index (κ1) is 27.9. The second kappa shape index (κ2) is 11.2. The van der Waals surface area contributed by atoms with Gasteiger partial charge in [-0.1, -0.05) is 25.4 Å². The smallest absolute Gasteiger partial charge is 0.229 e. The van der Waals surface area contributed by atoms with E-state index in [0.29, 0.717) is 30.3 Å². The number of likely N-dealkylation sites (tertiary alicyclic amines) is 1. The summed E-state index contributed by atoms with van der Waals surface area (Å²) in [6, 6.07) is 12.6. The average molecular weight is 588 g/mol. The Bertz CT molecular complexity index is 1660. The molecular formula is C32H34ClN5O2S. The van der Waals surface area contributed by atoms with Crippen molar-refractivity contribution >= 4 is 55.9 Å². The normalized spacial score (nSPS) is 18.1. The lowest BCUT2D eigenvalue weighted by Crippen LogP contribution is -2.42. The highest BCUT2D eigenvalue weighted by Gasteiger charge is 2.34. The van der Waals surface area contributed by atoms with E-state index >= 15 is 0 Å². The Morgan fingerprint density at radius 2 is 1.90 bits per heavy atom. The number of thiophene rings is 1. The number of carbonyl (C=O) groups excluding carboxylic acids is 2. The minimum absolute atomic E-state index is 0.0868. The third-order valence-electron chi connectivity index (χ3n) is 8.50. The molecule has 6 rings (SSSR count). The van der Waals surface area contributed by atoms with Crippen LogP contribution in [0.1, 0.15) is 50.8 Å². The lowest BCUT2D eigenvalue weighted by atomic mass is 9.80. The quantitative estimate of drug-likeness (QED) is 0.241. The molecule has 212 valence electrons. The second-order valence-electron chi connectivity index (χ2n) is 12.0. The Kier molecular flexibility index (Phi) is 7.62. The van der Waals surface area contributed by atoms with E-state index in [9.17, 15) is 14.9 Å². The van der Waals surface area contributed by atoms with E-state index in [1.54, 1.807) is 17.5 Å². The SMILES string of the molecule is CC(C)CC1CC(=O)N(Cc2cc3nccc(-c4cc(Cl)cc5ccn(CC6(C#N)CCNCC6)c45)c3s2)C(=O)C1. The molecule has 2 saturated heterocycles. The van der Waals surface area contributed by atoms with Crippen LogP contribution in [0, 0.1) is 28.6 Å². The number of nitriles is 1. The largest absolute Gasteiger partial charge is 0.345 e. The van der Waals surface area contributed by atoms with E-state index in [4.69, 9.17) is 11.6 Å². The van der Waals surface area contributed by atoms with E-state index in [-0.39, 0.29) is 24.3 Å². The molecular weight excluding hydrogens is 554 g/mol. The van der Waals surface area contributed by atoms with Gasteiger partial charge in [-0.15, -0.1) is 11.3 Å². The van der Waals surface area contributed by atoms with Crippen molar-refractivity contribution < 1.29 is 9.59 Å². The van der Waals surface area contributed by atoms with Crippen LogP contribution in [-0.2, 0) is 22.7 Å². The van der Waals surface area contributed by atoms with Gasteiger partial charge >= 0.3 is 0 Å². The number of carbonyl (C=O) groups is 2. The van der Waals surface area contributed by atoms with E-state index in [1.165, 1.54) is 4.90 Å². The lowest BCUT2D eigenvalue weighted by Gasteiger charge is -2.32. The zero-order valence-electron chi connectivity index (χ0n) is 23.5. The summed E-state index contributed by atoms with van der Waals surface area (Å²) in [5.41, 5.74) is 3.45. The van der Waals surface area contributed by atoms with Gasteiger partial charge in [-0.05, 0) is 74.5 Å². The van der Waals surface area contributed by atoms with E-state index in [0.717, 1.165) is 69.5 Å². The number of fused-ring (bicyclic) bond motifs is 2. The highest BCUT2D eigenvalue weighted by Crippen LogP contribution is 2.41. The molecule has 41 heavy (non-hydrogen) atoms. The standard InChI is InChI=1S/C32H34ClN5O2S/c1-20(2)11-21-12-28(39)38(29(40)13-21)17-24-16-27-31(41-24)25(3-7-36-27)26-15-23(33)14-22-4-10-37(30(22)26)19-32(18-34)5-8-35-9-6-32/h3-4,7,10,14-16,20-21,35H,5-6,8-9,11-13,17,19H2,1-2H3. The predicted octanol–water partition coefficient (Wildman–Crippen LogP) is 6.78. The molecule has 2 aliphatic heterocycles. The first-order valence-electron chi connectivity index (χ1n) is 14.4. The maximum absolute atomic E-state index is 13.0. The molecule has 1 aromatic carbocycles. The molecule has 2 aliphatic rings. The number of hydrogen-bond donors (Lipinski definition) is 1. The highest BCUT2D eigenvalue weighted by atomic mass is 35.5. The van der Waals surface area contributed by atoms with Crippen molar-refractivity contribution in [2.75, 3.05) is 13.1 Å². The van der Waals surface area contributed by atoms with Crippen LogP contribution in [0.4, 0.5) is 0 Å². The number of hydrogen-bond acceptors (Lipinski definition) is 6. The molecule has 7 nitrogen and oxygen atoms in total. The number of nitrogens with one attached hydrogen (secondary N) is 1. The van der Waals surface area contributed by atoms with Gasteiger partial charge in [-0.3, -0.25) is 19.5 Å². The first-order valence-corrected chi connectivity index (χ1v) is 15.6. The number of pyridine rings is 1. The summed E-state index contributed by atoms with van der Waals surface area (Å²) in [6.07, 6.45) is 7.23. The number of aromatic nitrogens is 2. The summed E-state index contributed by atoms with van der Waals surface area (Å²) in [4.78, 5) is 32.9. The van der Waals surface area contributed by atoms with Gasteiger partial charge in [-0.2, -0.15) is 5.26 Å². The van der Waals surface area contributed by atoms with Crippen molar-refractivity contribution in [2.45, 2.75) is 59.0 Å². The number of amides is 2. The fourth-order valence-electron chi connectivity index (χ4n) is 6.56. The number of halogens is 1. The van der Waals surface area contributed by atoms with Crippen LogP contribution in [0.2, 0.25) is 5.02 Å². The highest BCUT2D eigenvalue weighted by molar-refractivity contribution is 7.19. The summed E-state index contributed by atoms with van der Waals surface area (Å²) < 4.78 is 3.19. The minimum Gasteiger partial charge on any atom is -0.345 e. The summed E-state index contributed by atoms with van der Waals surface area (Å²) in [5.74, 6) is 0.421. The van der Waals surface area contributed by atoms with Gasteiger partial charge in [0.05, 0.1) is 33.8 Å². The number of imide groups is 1. The van der Waals surface area contributed by atoms with Gasteiger partial charge in [0.1, 0.15) is 0 Å². The molecule has 0 unspecified atom stereocenters. The van der Waals surface area contributed by atoms with E-state index in [2.05, 4.69) is 47.0 Å². The van der Waals surface area contributed by atoms with Crippen LogP contribution in [-0.4, -0.2) is 39.4 Å². The van der Waals surface area contributed by atoms with Crippen LogP contribution in [0.25, 0.3) is 32.2 Å². The number of benzene rings is 1. The molecule has 9 heteroatoms. The van der Waals surface area contributed by atoms with Crippen LogP contribution >= 0.6 is 22.9 Å². The Labute approximate surface area is 249 Å². The molecule has 0 atom stereocenters. The van der Waals surface area contributed by atoms with Gasteiger partial charge in [0.25, 0.3) is 0 Å². The maximum atomic E-state index is 13.0. The molecule has 0 spiro atoms. The van der Waals surface area contributed by atoms with Crippen molar-refractivity contribution in [1.82, 2.24) is 19.8 Å². The molecule has 0 bridgehead atoms. The third kappa shape index (κ3) is 5.51. The summed E-state index contributed by atoms with van der Waals surface area (Å²) in [6.45, 7) is 6.83. The Hall–Kier alpha value is -3.25.